The summed E-state index contributed by atoms with van der Waals surface area (Å²) in [7, 11) is 0. The van der Waals surface area contributed by atoms with Crippen LogP contribution >= 0.6 is 27.3 Å². The van der Waals surface area contributed by atoms with Crippen molar-refractivity contribution in [3.8, 4) is 0 Å². The Balaban J connectivity index is 1.60. The van der Waals surface area contributed by atoms with Crippen LogP contribution < -0.4 is 5.32 Å². The van der Waals surface area contributed by atoms with Crippen LogP contribution in [-0.4, -0.2) is 30.4 Å². The van der Waals surface area contributed by atoms with Crippen LogP contribution in [0.2, 0.25) is 0 Å². The minimum Gasteiger partial charge on any atom is -0.351 e. The Bertz CT molecular complexity index is 693. The molecular formula is C19H21BrN2OS. The summed E-state index contributed by atoms with van der Waals surface area (Å²) in [5.74, 6) is -0.0495. The first kappa shape index (κ1) is 17.4. The number of likely N-dealkylation sites (tertiary alicyclic amines) is 1. The minimum absolute atomic E-state index is 0.0495. The van der Waals surface area contributed by atoms with Crippen molar-refractivity contribution >= 4 is 39.2 Å². The van der Waals surface area contributed by atoms with Gasteiger partial charge in [-0.1, -0.05) is 40.2 Å². The smallest absolute Gasteiger partial charge is 0.244 e. The summed E-state index contributed by atoms with van der Waals surface area (Å²) >= 11 is 5.26. The number of carbonyl (C=O) groups excluding carboxylic acids is 1. The first-order chi connectivity index (χ1) is 11.7. The highest BCUT2D eigenvalue weighted by molar-refractivity contribution is 9.10. The van der Waals surface area contributed by atoms with Gasteiger partial charge in [-0.15, -0.1) is 11.3 Å². The van der Waals surface area contributed by atoms with Crippen LogP contribution in [0.4, 0.5) is 0 Å². The second-order valence-corrected chi connectivity index (χ2v) is 7.71. The summed E-state index contributed by atoms with van der Waals surface area (Å²) in [5, 5.41) is 5.17. The lowest BCUT2D eigenvalue weighted by atomic mass is 10.2. The molecule has 0 aliphatic carbocycles. The molecule has 3 rings (SSSR count). The molecule has 3 nitrogen and oxygen atoms in total. The number of nitrogens with zero attached hydrogens (tertiary/aromatic N) is 1. The first-order valence-electron chi connectivity index (χ1n) is 8.22. The molecule has 2 aromatic rings. The van der Waals surface area contributed by atoms with Gasteiger partial charge >= 0.3 is 0 Å². The second kappa shape index (κ2) is 8.60. The molecule has 0 saturated carbocycles. The molecule has 0 radical (unpaired) electrons. The summed E-state index contributed by atoms with van der Waals surface area (Å²) in [6, 6.07) is 12.4. The van der Waals surface area contributed by atoms with Crippen molar-refractivity contribution in [3.63, 3.8) is 0 Å². The van der Waals surface area contributed by atoms with Gasteiger partial charge in [0.1, 0.15) is 0 Å². The minimum atomic E-state index is -0.0495. The van der Waals surface area contributed by atoms with E-state index in [1.54, 1.807) is 17.4 Å². The van der Waals surface area contributed by atoms with Crippen molar-refractivity contribution in [2.75, 3.05) is 19.6 Å². The summed E-state index contributed by atoms with van der Waals surface area (Å²) in [4.78, 5) is 16.0. The van der Waals surface area contributed by atoms with E-state index in [0.29, 0.717) is 6.54 Å². The van der Waals surface area contributed by atoms with Gasteiger partial charge in [0.15, 0.2) is 0 Å². The maximum atomic E-state index is 12.2. The van der Waals surface area contributed by atoms with E-state index < -0.39 is 0 Å². The fraction of sp³-hybridized carbons (Fsp3) is 0.316. The molecule has 1 amide bonds. The van der Waals surface area contributed by atoms with E-state index in [4.69, 9.17) is 0 Å². The molecule has 1 N–H and O–H groups in total. The normalized spacial score (nSPS) is 16.5. The fourth-order valence-corrected chi connectivity index (χ4v) is 4.25. The van der Waals surface area contributed by atoms with Gasteiger partial charge in [-0.25, -0.2) is 0 Å². The number of amides is 1. The predicted octanol–water partition coefficient (Wildman–Crippen LogP) is 4.48. The van der Waals surface area contributed by atoms with Crippen molar-refractivity contribution in [3.05, 3.63) is 62.8 Å². The largest absolute Gasteiger partial charge is 0.351 e. The molecule has 2 heterocycles. The lowest BCUT2D eigenvalue weighted by Gasteiger charge is -2.26. The number of benzene rings is 1. The molecule has 0 bridgehead atoms. The van der Waals surface area contributed by atoms with Gasteiger partial charge in [-0.2, -0.15) is 0 Å². The zero-order chi connectivity index (χ0) is 16.8. The van der Waals surface area contributed by atoms with Crippen LogP contribution in [0.3, 0.4) is 0 Å². The number of nitrogens with one attached hydrogen (secondary N) is 1. The molecular weight excluding hydrogens is 384 g/mol. The van der Waals surface area contributed by atoms with Crippen molar-refractivity contribution in [1.82, 2.24) is 10.2 Å². The molecule has 1 unspecified atom stereocenters. The SMILES string of the molecule is O=C(/C=C/c1ccccc1Br)NCC(c1cccs1)N1CCCC1. The average Bonchev–Trinajstić information content (AvgIpc) is 3.28. The van der Waals surface area contributed by atoms with E-state index in [0.717, 1.165) is 23.1 Å². The highest BCUT2D eigenvalue weighted by atomic mass is 79.9. The average molecular weight is 405 g/mol. The van der Waals surface area contributed by atoms with Crippen LogP contribution in [0.1, 0.15) is 29.3 Å². The van der Waals surface area contributed by atoms with Gasteiger partial charge < -0.3 is 5.32 Å². The molecule has 1 aliphatic rings. The first-order valence-corrected chi connectivity index (χ1v) is 9.89. The van der Waals surface area contributed by atoms with Crippen LogP contribution in [0.15, 0.2) is 52.3 Å². The fourth-order valence-electron chi connectivity index (χ4n) is 2.98. The Labute approximate surface area is 155 Å². The molecule has 126 valence electrons. The third-order valence-electron chi connectivity index (χ3n) is 4.24. The number of thiophene rings is 1. The number of hydrogen-bond acceptors (Lipinski definition) is 3. The van der Waals surface area contributed by atoms with Gasteiger partial charge in [0, 0.05) is 22.0 Å². The molecule has 5 heteroatoms. The third kappa shape index (κ3) is 4.56. The van der Waals surface area contributed by atoms with Gasteiger partial charge in [-0.05, 0) is 55.1 Å². The molecule has 0 spiro atoms. The quantitative estimate of drug-likeness (QED) is 0.719. The predicted molar refractivity (Wildman–Crippen MR) is 104 cm³/mol. The van der Waals surface area contributed by atoms with Gasteiger partial charge in [-0.3, -0.25) is 9.69 Å². The lowest BCUT2D eigenvalue weighted by Crippen LogP contribution is -2.35. The molecule has 1 atom stereocenters. The van der Waals surface area contributed by atoms with Crippen molar-refractivity contribution in [1.29, 1.82) is 0 Å². The number of halogens is 1. The number of rotatable bonds is 6. The highest BCUT2D eigenvalue weighted by Crippen LogP contribution is 2.27. The molecule has 1 aromatic heterocycles. The van der Waals surface area contributed by atoms with Crippen LogP contribution in [-0.2, 0) is 4.79 Å². The zero-order valence-electron chi connectivity index (χ0n) is 13.5. The summed E-state index contributed by atoms with van der Waals surface area (Å²) < 4.78 is 0.988. The summed E-state index contributed by atoms with van der Waals surface area (Å²) in [6.07, 6.45) is 5.94. The summed E-state index contributed by atoms with van der Waals surface area (Å²) in [6.45, 7) is 2.89. The van der Waals surface area contributed by atoms with E-state index in [1.165, 1.54) is 17.7 Å². The Kier molecular flexibility index (Phi) is 6.24. The van der Waals surface area contributed by atoms with Crippen LogP contribution in [0, 0.1) is 0 Å². The van der Waals surface area contributed by atoms with E-state index >= 15 is 0 Å². The lowest BCUT2D eigenvalue weighted by molar-refractivity contribution is -0.116. The standard InChI is InChI=1S/C19H21BrN2OS/c20-16-7-2-1-6-15(16)9-10-19(23)21-14-17(18-8-5-13-24-18)22-11-3-4-12-22/h1-2,5-10,13,17H,3-4,11-12,14H2,(H,21,23)/b10-9+. The maximum Gasteiger partial charge on any atom is 0.244 e. The van der Waals surface area contributed by atoms with Gasteiger partial charge in [0.2, 0.25) is 5.91 Å². The highest BCUT2D eigenvalue weighted by Gasteiger charge is 2.24. The zero-order valence-corrected chi connectivity index (χ0v) is 15.9. The Morgan fingerprint density at radius 1 is 1.25 bits per heavy atom. The Morgan fingerprint density at radius 2 is 2.04 bits per heavy atom. The van der Waals surface area contributed by atoms with Gasteiger partial charge in [0.05, 0.1) is 6.04 Å². The molecule has 1 aliphatic heterocycles. The topological polar surface area (TPSA) is 32.3 Å². The van der Waals surface area contributed by atoms with Crippen LogP contribution in [0.25, 0.3) is 6.08 Å². The van der Waals surface area contributed by atoms with E-state index in [1.807, 2.05) is 30.3 Å². The van der Waals surface area contributed by atoms with Crippen molar-refractivity contribution in [2.24, 2.45) is 0 Å². The third-order valence-corrected chi connectivity index (χ3v) is 5.94. The summed E-state index contributed by atoms with van der Waals surface area (Å²) in [5.41, 5.74) is 1.00. The molecule has 24 heavy (non-hydrogen) atoms. The molecule has 1 aromatic carbocycles. The van der Waals surface area contributed by atoms with Crippen molar-refractivity contribution < 1.29 is 4.79 Å². The number of carbonyl (C=O) groups is 1. The van der Waals surface area contributed by atoms with E-state index in [2.05, 4.69) is 43.7 Å². The maximum absolute atomic E-state index is 12.2. The van der Waals surface area contributed by atoms with E-state index in [9.17, 15) is 4.79 Å². The van der Waals surface area contributed by atoms with Gasteiger partial charge in [0.25, 0.3) is 0 Å². The van der Waals surface area contributed by atoms with Crippen LogP contribution in [0.5, 0.6) is 0 Å². The Hall–Kier alpha value is -1.43. The van der Waals surface area contributed by atoms with E-state index in [-0.39, 0.29) is 11.9 Å². The molecule has 1 fully saturated rings. The second-order valence-electron chi connectivity index (χ2n) is 5.87. The number of hydrogen-bond donors (Lipinski definition) is 1. The Morgan fingerprint density at radius 3 is 2.75 bits per heavy atom. The van der Waals surface area contributed by atoms with Crippen molar-refractivity contribution in [2.45, 2.75) is 18.9 Å². The monoisotopic (exact) mass is 404 g/mol. The molecule has 1 saturated heterocycles.